The number of ether oxygens (including phenoxy) is 1. The molecule has 0 bridgehead atoms. The molecular formula is C14H19NO4S. The van der Waals surface area contributed by atoms with Crippen LogP contribution in [-0.2, 0) is 16.1 Å². The van der Waals surface area contributed by atoms with E-state index in [0.717, 1.165) is 5.56 Å². The molecule has 0 saturated carbocycles. The fourth-order valence-electron chi connectivity index (χ4n) is 1.60. The van der Waals surface area contributed by atoms with Crippen molar-refractivity contribution in [3.05, 3.63) is 29.8 Å². The van der Waals surface area contributed by atoms with Gasteiger partial charge in [0, 0.05) is 13.6 Å². The van der Waals surface area contributed by atoms with Gasteiger partial charge in [-0.2, -0.15) is 11.8 Å². The van der Waals surface area contributed by atoms with E-state index in [0.29, 0.717) is 12.3 Å². The van der Waals surface area contributed by atoms with Gasteiger partial charge in [0.1, 0.15) is 5.75 Å². The highest BCUT2D eigenvalue weighted by atomic mass is 32.2. The Kier molecular flexibility index (Phi) is 6.38. The van der Waals surface area contributed by atoms with Gasteiger partial charge in [-0.15, -0.1) is 0 Å². The lowest BCUT2D eigenvalue weighted by Crippen LogP contribution is -2.32. The number of amides is 1. The molecule has 1 aromatic carbocycles. The normalized spacial score (nSPS) is 11.8. The first-order chi connectivity index (χ1) is 9.43. The zero-order valence-electron chi connectivity index (χ0n) is 11.8. The Morgan fingerprint density at radius 3 is 2.45 bits per heavy atom. The zero-order chi connectivity index (χ0) is 15.1. The lowest BCUT2D eigenvalue weighted by molar-refractivity contribution is -0.139. The third-order valence-electron chi connectivity index (χ3n) is 2.78. The topological polar surface area (TPSA) is 66.8 Å². The van der Waals surface area contributed by atoms with E-state index in [9.17, 15) is 9.59 Å². The number of hydrogen-bond acceptors (Lipinski definition) is 4. The predicted molar refractivity (Wildman–Crippen MR) is 79.0 cm³/mol. The van der Waals surface area contributed by atoms with Crippen molar-refractivity contribution in [2.75, 3.05) is 19.9 Å². The van der Waals surface area contributed by atoms with Gasteiger partial charge in [-0.3, -0.25) is 4.79 Å². The van der Waals surface area contributed by atoms with E-state index in [1.807, 2.05) is 25.3 Å². The average molecular weight is 297 g/mol. The van der Waals surface area contributed by atoms with Gasteiger partial charge in [-0.25, -0.2) is 4.79 Å². The van der Waals surface area contributed by atoms with Crippen molar-refractivity contribution in [2.24, 2.45) is 0 Å². The lowest BCUT2D eigenvalue weighted by Gasteiger charge is -2.20. The number of carboxylic acids is 1. The first kappa shape index (κ1) is 16.4. The summed E-state index contributed by atoms with van der Waals surface area (Å²) in [4.78, 5) is 24.0. The van der Waals surface area contributed by atoms with Crippen LogP contribution in [0.3, 0.4) is 0 Å². The molecule has 1 rings (SSSR count). The van der Waals surface area contributed by atoms with E-state index in [2.05, 4.69) is 0 Å². The number of benzene rings is 1. The molecule has 1 aromatic rings. The van der Waals surface area contributed by atoms with Crippen molar-refractivity contribution in [3.63, 3.8) is 0 Å². The van der Waals surface area contributed by atoms with E-state index in [-0.39, 0.29) is 17.8 Å². The first-order valence-corrected chi connectivity index (χ1v) is 7.44. The van der Waals surface area contributed by atoms with Crippen molar-refractivity contribution >= 4 is 23.6 Å². The molecule has 1 atom stereocenters. The molecule has 0 aliphatic heterocycles. The molecule has 110 valence electrons. The Morgan fingerprint density at radius 1 is 1.35 bits per heavy atom. The SMILES string of the molecule is CSC(C)C(=O)N(C)Cc1ccc(OCC(=O)O)cc1. The van der Waals surface area contributed by atoms with Crippen LogP contribution < -0.4 is 4.74 Å². The number of rotatable bonds is 7. The van der Waals surface area contributed by atoms with Crippen LogP contribution >= 0.6 is 11.8 Å². The van der Waals surface area contributed by atoms with Crippen LogP contribution in [0, 0.1) is 0 Å². The summed E-state index contributed by atoms with van der Waals surface area (Å²) in [5.74, 6) is -0.420. The number of carbonyl (C=O) groups is 2. The van der Waals surface area contributed by atoms with E-state index in [1.54, 1.807) is 24.1 Å². The number of carboxylic acid groups (broad SMARTS) is 1. The number of hydrogen-bond donors (Lipinski definition) is 1. The number of carbonyl (C=O) groups excluding carboxylic acids is 1. The summed E-state index contributed by atoms with van der Waals surface area (Å²) in [7, 11) is 1.77. The summed E-state index contributed by atoms with van der Waals surface area (Å²) < 4.78 is 5.05. The molecule has 0 aliphatic rings. The molecule has 20 heavy (non-hydrogen) atoms. The van der Waals surface area contributed by atoms with Crippen LogP contribution in [0.15, 0.2) is 24.3 Å². The van der Waals surface area contributed by atoms with Gasteiger partial charge >= 0.3 is 5.97 Å². The van der Waals surface area contributed by atoms with Gasteiger partial charge in [0.25, 0.3) is 0 Å². The van der Waals surface area contributed by atoms with Gasteiger partial charge in [-0.1, -0.05) is 12.1 Å². The molecule has 1 N–H and O–H groups in total. The van der Waals surface area contributed by atoms with Crippen LogP contribution in [0.5, 0.6) is 5.75 Å². The lowest BCUT2D eigenvalue weighted by atomic mass is 10.2. The molecule has 5 nitrogen and oxygen atoms in total. The maximum absolute atomic E-state index is 11.9. The summed E-state index contributed by atoms with van der Waals surface area (Å²) in [6.07, 6.45) is 1.91. The molecule has 0 radical (unpaired) electrons. The monoisotopic (exact) mass is 297 g/mol. The van der Waals surface area contributed by atoms with Crippen molar-refractivity contribution in [2.45, 2.75) is 18.7 Å². The highest BCUT2D eigenvalue weighted by Crippen LogP contribution is 2.15. The molecule has 0 aromatic heterocycles. The number of aliphatic carboxylic acids is 1. The predicted octanol–water partition coefficient (Wildman–Crippen LogP) is 1.86. The zero-order valence-corrected chi connectivity index (χ0v) is 12.6. The smallest absolute Gasteiger partial charge is 0.341 e. The summed E-state index contributed by atoms with van der Waals surface area (Å²) in [6, 6.07) is 7.05. The summed E-state index contributed by atoms with van der Waals surface area (Å²) in [6.45, 7) is 2.04. The average Bonchev–Trinajstić information content (AvgIpc) is 2.44. The minimum Gasteiger partial charge on any atom is -0.482 e. The molecule has 6 heteroatoms. The van der Waals surface area contributed by atoms with Crippen LogP contribution in [0.2, 0.25) is 0 Å². The fraction of sp³-hybridized carbons (Fsp3) is 0.429. The Bertz CT molecular complexity index is 461. The first-order valence-electron chi connectivity index (χ1n) is 6.15. The largest absolute Gasteiger partial charge is 0.482 e. The molecule has 0 spiro atoms. The van der Waals surface area contributed by atoms with Gasteiger partial charge < -0.3 is 14.7 Å². The fourth-order valence-corrected chi connectivity index (χ4v) is 1.98. The van der Waals surface area contributed by atoms with Crippen molar-refractivity contribution in [1.82, 2.24) is 4.90 Å². The van der Waals surface area contributed by atoms with Crippen molar-refractivity contribution in [3.8, 4) is 5.75 Å². The van der Waals surface area contributed by atoms with E-state index in [1.165, 1.54) is 11.8 Å². The van der Waals surface area contributed by atoms with E-state index in [4.69, 9.17) is 9.84 Å². The van der Waals surface area contributed by atoms with E-state index >= 15 is 0 Å². The Morgan fingerprint density at radius 2 is 1.95 bits per heavy atom. The number of nitrogens with zero attached hydrogens (tertiary/aromatic N) is 1. The molecule has 1 unspecified atom stereocenters. The maximum Gasteiger partial charge on any atom is 0.341 e. The standard InChI is InChI=1S/C14H19NO4S/c1-10(20-3)14(18)15(2)8-11-4-6-12(7-5-11)19-9-13(16)17/h4-7,10H,8-9H2,1-3H3,(H,16,17). The summed E-state index contributed by atoms with van der Waals surface area (Å²) >= 11 is 1.52. The van der Waals surface area contributed by atoms with Gasteiger partial charge in [0.2, 0.25) is 5.91 Å². The minimum absolute atomic E-state index is 0.0572. The Hall–Kier alpha value is -1.69. The quantitative estimate of drug-likeness (QED) is 0.832. The van der Waals surface area contributed by atoms with Crippen LogP contribution in [-0.4, -0.2) is 47.0 Å². The van der Waals surface area contributed by atoms with E-state index < -0.39 is 5.97 Å². The van der Waals surface area contributed by atoms with Crippen molar-refractivity contribution in [1.29, 1.82) is 0 Å². The third-order valence-corrected chi connectivity index (χ3v) is 3.69. The second-order valence-electron chi connectivity index (χ2n) is 4.40. The molecule has 0 aliphatic carbocycles. The van der Waals surface area contributed by atoms with Gasteiger partial charge in [0.05, 0.1) is 5.25 Å². The number of thioether (sulfide) groups is 1. The Labute approximate surface area is 122 Å². The van der Waals surface area contributed by atoms with Crippen LogP contribution in [0.25, 0.3) is 0 Å². The molecular weight excluding hydrogens is 278 g/mol. The maximum atomic E-state index is 11.9. The van der Waals surface area contributed by atoms with Crippen molar-refractivity contribution < 1.29 is 19.4 Å². The van der Waals surface area contributed by atoms with Gasteiger partial charge in [-0.05, 0) is 30.9 Å². The Balaban J connectivity index is 2.56. The molecule has 0 heterocycles. The van der Waals surface area contributed by atoms with Gasteiger partial charge in [0.15, 0.2) is 6.61 Å². The second kappa shape index (κ2) is 7.79. The van der Waals surface area contributed by atoms with Crippen LogP contribution in [0.4, 0.5) is 0 Å². The third kappa shape index (κ3) is 5.13. The second-order valence-corrected chi connectivity index (χ2v) is 5.58. The summed E-state index contributed by atoms with van der Waals surface area (Å²) in [5, 5.41) is 8.46. The highest BCUT2D eigenvalue weighted by molar-refractivity contribution is 7.99. The molecule has 0 saturated heterocycles. The van der Waals surface area contributed by atoms with Crippen LogP contribution in [0.1, 0.15) is 12.5 Å². The molecule has 1 amide bonds. The minimum atomic E-state index is -1.01. The highest BCUT2D eigenvalue weighted by Gasteiger charge is 2.16. The summed E-state index contributed by atoms with van der Waals surface area (Å²) in [5.41, 5.74) is 0.969. The molecule has 0 fully saturated rings.